The van der Waals surface area contributed by atoms with Crippen molar-refractivity contribution in [2.45, 2.75) is 45.6 Å². The predicted molar refractivity (Wildman–Crippen MR) is 99.3 cm³/mol. The molecule has 1 saturated heterocycles. The third-order valence-corrected chi connectivity index (χ3v) is 4.28. The lowest BCUT2D eigenvalue weighted by atomic mass is 10.0. The van der Waals surface area contributed by atoms with E-state index in [9.17, 15) is 19.2 Å². The molecule has 1 heterocycles. The Balaban J connectivity index is 1.81. The van der Waals surface area contributed by atoms with Crippen LogP contribution in [0, 0.1) is 5.92 Å². The highest BCUT2D eigenvalue weighted by Crippen LogP contribution is 2.18. The van der Waals surface area contributed by atoms with Crippen LogP contribution in [-0.4, -0.2) is 42.7 Å². The van der Waals surface area contributed by atoms with Crippen molar-refractivity contribution in [2.24, 2.45) is 5.92 Å². The number of carbonyl (C=O) groups is 4. The van der Waals surface area contributed by atoms with Crippen LogP contribution >= 0.6 is 0 Å². The van der Waals surface area contributed by atoms with Crippen LogP contribution in [0.5, 0.6) is 5.75 Å². The van der Waals surface area contributed by atoms with Gasteiger partial charge < -0.3 is 14.2 Å². The molecule has 0 bridgehead atoms. The Kier molecular flexibility index (Phi) is 8.60. The molecule has 9 nitrogen and oxygen atoms in total. The number of amides is 2. The molecule has 158 valence electrons. The standard InChI is InChI=1S/C20H25NO8/c1-3-4-5-15(13-26-2)19(24)28-16-8-6-14(7-9-16)12-27-20(25)29-21-17(22)10-11-18(21)23/h6-9,15H,3-5,10-13H2,1-2H3. The molecule has 0 aromatic heterocycles. The van der Waals surface area contributed by atoms with E-state index in [0.29, 0.717) is 29.4 Å². The molecule has 0 aliphatic carbocycles. The number of methoxy groups -OCH3 is 1. The largest absolute Gasteiger partial charge is 0.534 e. The van der Waals surface area contributed by atoms with Crippen LogP contribution in [0.1, 0.15) is 44.6 Å². The third kappa shape index (κ3) is 6.86. The van der Waals surface area contributed by atoms with Gasteiger partial charge in [0.25, 0.3) is 11.8 Å². The van der Waals surface area contributed by atoms with E-state index in [-0.39, 0.29) is 31.3 Å². The van der Waals surface area contributed by atoms with Crippen molar-refractivity contribution in [1.29, 1.82) is 0 Å². The van der Waals surface area contributed by atoms with Crippen molar-refractivity contribution < 1.29 is 38.2 Å². The highest BCUT2D eigenvalue weighted by Gasteiger charge is 2.33. The van der Waals surface area contributed by atoms with E-state index in [1.165, 1.54) is 0 Å². The Morgan fingerprint density at radius 1 is 1.10 bits per heavy atom. The summed E-state index contributed by atoms with van der Waals surface area (Å²) in [5.41, 5.74) is 0.611. The summed E-state index contributed by atoms with van der Waals surface area (Å²) in [4.78, 5) is 51.3. The number of ether oxygens (including phenoxy) is 3. The van der Waals surface area contributed by atoms with Gasteiger partial charge in [-0.3, -0.25) is 19.2 Å². The van der Waals surface area contributed by atoms with Crippen LogP contribution in [0.4, 0.5) is 4.79 Å². The van der Waals surface area contributed by atoms with Crippen LogP contribution in [0.25, 0.3) is 0 Å². The fourth-order valence-electron chi connectivity index (χ4n) is 2.68. The number of unbranched alkanes of at least 4 members (excludes halogenated alkanes) is 1. The van der Waals surface area contributed by atoms with Gasteiger partial charge in [0.2, 0.25) is 0 Å². The van der Waals surface area contributed by atoms with Gasteiger partial charge in [0, 0.05) is 20.0 Å². The van der Waals surface area contributed by atoms with Crippen molar-refractivity contribution >= 4 is 23.9 Å². The maximum absolute atomic E-state index is 12.3. The molecule has 2 rings (SSSR count). The molecule has 0 saturated carbocycles. The van der Waals surface area contributed by atoms with Crippen molar-refractivity contribution in [3.05, 3.63) is 29.8 Å². The van der Waals surface area contributed by atoms with Crippen LogP contribution in [0.3, 0.4) is 0 Å². The maximum Gasteiger partial charge on any atom is 0.534 e. The van der Waals surface area contributed by atoms with Crippen LogP contribution in [-0.2, 0) is 35.3 Å². The van der Waals surface area contributed by atoms with Gasteiger partial charge in [-0.05, 0) is 24.1 Å². The maximum atomic E-state index is 12.3. The minimum atomic E-state index is -1.15. The molecule has 1 unspecified atom stereocenters. The summed E-state index contributed by atoms with van der Waals surface area (Å²) < 4.78 is 15.4. The number of esters is 1. The zero-order valence-corrected chi connectivity index (χ0v) is 16.5. The van der Waals surface area contributed by atoms with E-state index >= 15 is 0 Å². The number of rotatable bonds is 10. The second-order valence-corrected chi connectivity index (χ2v) is 6.57. The Bertz CT molecular complexity index is 715. The summed E-state index contributed by atoms with van der Waals surface area (Å²) in [5, 5.41) is 0.417. The fourth-order valence-corrected chi connectivity index (χ4v) is 2.68. The molecule has 2 amide bonds. The lowest BCUT2D eigenvalue weighted by Gasteiger charge is -2.15. The second kappa shape index (κ2) is 11.2. The first-order chi connectivity index (χ1) is 13.9. The summed E-state index contributed by atoms with van der Waals surface area (Å²) in [5.74, 6) is -1.47. The normalized spacial score (nSPS) is 14.6. The minimum Gasteiger partial charge on any atom is -0.428 e. The first-order valence-corrected chi connectivity index (χ1v) is 9.44. The van der Waals surface area contributed by atoms with E-state index in [4.69, 9.17) is 14.2 Å². The van der Waals surface area contributed by atoms with Gasteiger partial charge in [-0.25, -0.2) is 4.79 Å². The summed E-state index contributed by atoms with van der Waals surface area (Å²) in [6.45, 7) is 2.22. The molecule has 0 radical (unpaired) electrons. The summed E-state index contributed by atoms with van der Waals surface area (Å²) >= 11 is 0. The number of hydrogen-bond acceptors (Lipinski definition) is 8. The average molecular weight is 407 g/mol. The van der Waals surface area contributed by atoms with Gasteiger partial charge in [0.05, 0.1) is 12.5 Å². The molecular formula is C20H25NO8. The Hall–Kier alpha value is -2.94. The first kappa shape index (κ1) is 22.4. The SMILES string of the molecule is CCCCC(COC)C(=O)Oc1ccc(COC(=O)ON2C(=O)CCC2=O)cc1. The molecule has 1 fully saturated rings. The number of imide groups is 1. The molecule has 1 aliphatic rings. The van der Waals surface area contributed by atoms with Crippen molar-refractivity contribution in [3.8, 4) is 5.75 Å². The topological polar surface area (TPSA) is 108 Å². The van der Waals surface area contributed by atoms with Gasteiger partial charge in [0.1, 0.15) is 12.4 Å². The highest BCUT2D eigenvalue weighted by molar-refractivity contribution is 6.01. The molecule has 29 heavy (non-hydrogen) atoms. The van der Waals surface area contributed by atoms with Gasteiger partial charge >= 0.3 is 12.1 Å². The summed E-state index contributed by atoms with van der Waals surface area (Å²) in [7, 11) is 1.54. The molecule has 0 spiro atoms. The predicted octanol–water partition coefficient (Wildman–Crippen LogP) is 2.76. The third-order valence-electron chi connectivity index (χ3n) is 4.28. The number of hydrogen-bond donors (Lipinski definition) is 0. The first-order valence-electron chi connectivity index (χ1n) is 9.44. The van der Waals surface area contributed by atoms with E-state index in [0.717, 1.165) is 12.8 Å². The van der Waals surface area contributed by atoms with E-state index in [2.05, 4.69) is 4.84 Å². The number of nitrogens with zero attached hydrogens (tertiary/aromatic N) is 1. The van der Waals surface area contributed by atoms with Gasteiger partial charge in [-0.15, -0.1) is 0 Å². The molecule has 9 heteroatoms. The van der Waals surface area contributed by atoms with Crippen molar-refractivity contribution in [2.75, 3.05) is 13.7 Å². The van der Waals surface area contributed by atoms with Gasteiger partial charge in [-0.2, -0.15) is 0 Å². The second-order valence-electron chi connectivity index (χ2n) is 6.57. The summed E-state index contributed by atoms with van der Waals surface area (Å²) in [6.07, 6.45) is 1.45. The Morgan fingerprint density at radius 3 is 2.34 bits per heavy atom. The van der Waals surface area contributed by atoms with E-state index in [1.807, 2.05) is 6.92 Å². The number of hydroxylamine groups is 2. The van der Waals surface area contributed by atoms with Gasteiger partial charge in [0.15, 0.2) is 0 Å². The van der Waals surface area contributed by atoms with Crippen LogP contribution in [0.2, 0.25) is 0 Å². The zero-order valence-electron chi connectivity index (χ0n) is 16.5. The quantitative estimate of drug-likeness (QED) is 0.331. The zero-order chi connectivity index (χ0) is 21.2. The highest BCUT2D eigenvalue weighted by atomic mass is 16.8. The van der Waals surface area contributed by atoms with Crippen LogP contribution < -0.4 is 4.74 Å². The number of carbonyl (C=O) groups excluding carboxylic acids is 4. The minimum absolute atomic E-state index is 0.00990. The smallest absolute Gasteiger partial charge is 0.428 e. The Labute approximate surface area is 168 Å². The molecule has 1 atom stereocenters. The lowest BCUT2D eigenvalue weighted by molar-refractivity contribution is -0.177. The van der Waals surface area contributed by atoms with Gasteiger partial charge in [-0.1, -0.05) is 37.0 Å². The number of benzene rings is 1. The van der Waals surface area contributed by atoms with Crippen LogP contribution in [0.15, 0.2) is 24.3 Å². The average Bonchev–Trinajstić information content (AvgIpc) is 3.02. The lowest BCUT2D eigenvalue weighted by Crippen LogP contribution is -2.32. The Morgan fingerprint density at radius 2 is 1.76 bits per heavy atom. The fraction of sp³-hybridized carbons (Fsp3) is 0.500. The van der Waals surface area contributed by atoms with E-state index in [1.54, 1.807) is 31.4 Å². The van der Waals surface area contributed by atoms with Crippen molar-refractivity contribution in [1.82, 2.24) is 5.06 Å². The molecule has 0 N–H and O–H groups in total. The monoisotopic (exact) mass is 407 g/mol. The van der Waals surface area contributed by atoms with Crippen molar-refractivity contribution in [3.63, 3.8) is 0 Å². The van der Waals surface area contributed by atoms with E-state index < -0.39 is 18.0 Å². The summed E-state index contributed by atoms with van der Waals surface area (Å²) in [6, 6.07) is 6.41. The molecule has 1 aliphatic heterocycles. The molecule has 1 aromatic rings. The molecule has 1 aromatic carbocycles. The molecular weight excluding hydrogens is 382 g/mol.